The number of morpholine rings is 1. The van der Waals surface area contributed by atoms with Gasteiger partial charge in [-0.05, 0) is 32.9 Å². The van der Waals surface area contributed by atoms with Crippen molar-refractivity contribution in [2.45, 2.75) is 45.9 Å². The molecule has 4 rings (SSSR count). The second-order valence-corrected chi connectivity index (χ2v) is 8.02. The number of aromatic nitrogens is 2. The number of ether oxygens (including phenoxy) is 2. The number of hydrogen-bond donors (Lipinski definition) is 1. The molecule has 0 radical (unpaired) electrons. The average Bonchev–Trinajstić information content (AvgIpc) is 2.72. The molecule has 1 saturated heterocycles. The fourth-order valence-corrected chi connectivity index (χ4v) is 4.21. The molecule has 8 heteroatoms. The fourth-order valence-electron chi connectivity index (χ4n) is 4.21. The summed E-state index contributed by atoms with van der Waals surface area (Å²) in [5, 5.41) is 2.97. The van der Waals surface area contributed by atoms with Crippen molar-refractivity contribution in [3.8, 4) is 5.75 Å². The Kier molecular flexibility index (Phi) is 5.76. The number of nitrogens with zero attached hydrogens (tertiary/aromatic N) is 4. The van der Waals surface area contributed by atoms with Gasteiger partial charge < -0.3 is 24.6 Å². The zero-order chi connectivity index (χ0) is 21.3. The SMILES string of the molecule is COc1cccc(NC(=O)N2CCc3nc(C)nc(N4CC(C)OC(C)C4)c3C2)c1. The van der Waals surface area contributed by atoms with E-state index in [1.165, 1.54) is 0 Å². The summed E-state index contributed by atoms with van der Waals surface area (Å²) in [5.74, 6) is 2.40. The molecule has 1 aromatic carbocycles. The number of benzene rings is 1. The second-order valence-electron chi connectivity index (χ2n) is 8.02. The standard InChI is InChI=1S/C22H29N5O3/c1-14-11-27(12-15(2)30-14)21-19-13-26(9-8-20(19)23-16(3)24-21)22(28)25-17-6-5-7-18(10-17)29-4/h5-7,10,14-15H,8-9,11-13H2,1-4H3,(H,25,28). The number of amides is 2. The lowest BCUT2D eigenvalue weighted by molar-refractivity contribution is -0.00557. The van der Waals surface area contributed by atoms with Gasteiger partial charge >= 0.3 is 6.03 Å². The molecule has 1 N–H and O–H groups in total. The van der Waals surface area contributed by atoms with Crippen LogP contribution in [0.3, 0.4) is 0 Å². The van der Waals surface area contributed by atoms with Crippen LogP contribution in [-0.4, -0.2) is 59.9 Å². The number of urea groups is 1. The minimum Gasteiger partial charge on any atom is -0.497 e. The van der Waals surface area contributed by atoms with Crippen molar-refractivity contribution in [2.24, 2.45) is 0 Å². The van der Waals surface area contributed by atoms with E-state index in [9.17, 15) is 4.79 Å². The number of anilines is 2. The summed E-state index contributed by atoms with van der Waals surface area (Å²) in [7, 11) is 1.61. The van der Waals surface area contributed by atoms with Gasteiger partial charge in [0.25, 0.3) is 0 Å². The zero-order valence-corrected chi connectivity index (χ0v) is 18.0. The number of hydrogen-bond acceptors (Lipinski definition) is 6. The van der Waals surface area contributed by atoms with Gasteiger partial charge in [0.1, 0.15) is 17.4 Å². The highest BCUT2D eigenvalue weighted by molar-refractivity contribution is 5.89. The van der Waals surface area contributed by atoms with Gasteiger partial charge in [-0.25, -0.2) is 14.8 Å². The molecular formula is C22H29N5O3. The van der Waals surface area contributed by atoms with Crippen molar-refractivity contribution in [1.29, 1.82) is 0 Å². The molecular weight excluding hydrogens is 382 g/mol. The quantitative estimate of drug-likeness (QED) is 0.836. The Balaban J connectivity index is 1.55. The van der Waals surface area contributed by atoms with Gasteiger partial charge in [0.05, 0.1) is 31.6 Å². The van der Waals surface area contributed by atoms with Gasteiger partial charge in [0, 0.05) is 43.4 Å². The highest BCUT2D eigenvalue weighted by Gasteiger charge is 2.30. The first kappa shape index (κ1) is 20.4. The Labute approximate surface area is 177 Å². The molecule has 0 bridgehead atoms. The molecule has 2 amide bonds. The van der Waals surface area contributed by atoms with Crippen LogP contribution in [0, 0.1) is 6.92 Å². The summed E-state index contributed by atoms with van der Waals surface area (Å²) in [5.41, 5.74) is 2.78. The summed E-state index contributed by atoms with van der Waals surface area (Å²) in [6.07, 6.45) is 0.985. The minimum atomic E-state index is -0.135. The molecule has 160 valence electrons. The number of carbonyl (C=O) groups is 1. The maximum absolute atomic E-state index is 12.9. The van der Waals surface area contributed by atoms with Crippen LogP contribution in [0.5, 0.6) is 5.75 Å². The minimum absolute atomic E-state index is 0.135. The van der Waals surface area contributed by atoms with Crippen LogP contribution >= 0.6 is 0 Å². The van der Waals surface area contributed by atoms with Crippen molar-refractivity contribution < 1.29 is 14.3 Å². The molecule has 2 aromatic rings. The first-order valence-electron chi connectivity index (χ1n) is 10.4. The highest BCUT2D eigenvalue weighted by atomic mass is 16.5. The highest BCUT2D eigenvalue weighted by Crippen LogP contribution is 2.29. The van der Waals surface area contributed by atoms with Crippen LogP contribution in [0.2, 0.25) is 0 Å². The molecule has 1 aromatic heterocycles. The first-order valence-corrected chi connectivity index (χ1v) is 10.4. The lowest BCUT2D eigenvalue weighted by Gasteiger charge is -2.38. The van der Waals surface area contributed by atoms with Crippen LogP contribution in [0.4, 0.5) is 16.3 Å². The Bertz CT molecular complexity index is 925. The summed E-state index contributed by atoms with van der Waals surface area (Å²) in [6.45, 7) is 8.76. The van der Waals surface area contributed by atoms with Crippen molar-refractivity contribution in [3.05, 3.63) is 41.3 Å². The summed E-state index contributed by atoms with van der Waals surface area (Å²) >= 11 is 0. The van der Waals surface area contributed by atoms with E-state index in [2.05, 4.69) is 29.0 Å². The number of rotatable bonds is 3. The van der Waals surface area contributed by atoms with Crippen molar-refractivity contribution in [2.75, 3.05) is 37.0 Å². The molecule has 8 nitrogen and oxygen atoms in total. The molecule has 30 heavy (non-hydrogen) atoms. The maximum Gasteiger partial charge on any atom is 0.322 e. The predicted molar refractivity (Wildman–Crippen MR) is 115 cm³/mol. The molecule has 2 atom stereocenters. The Morgan fingerprint density at radius 1 is 1.23 bits per heavy atom. The van der Waals surface area contributed by atoms with Crippen LogP contribution in [0.15, 0.2) is 24.3 Å². The summed E-state index contributed by atoms with van der Waals surface area (Å²) in [6, 6.07) is 7.24. The van der Waals surface area contributed by atoms with Gasteiger partial charge in [-0.1, -0.05) is 6.07 Å². The predicted octanol–water partition coefficient (Wildman–Crippen LogP) is 3.00. The number of carbonyl (C=O) groups excluding carboxylic acids is 1. The normalized spacial score (nSPS) is 21.2. The Morgan fingerprint density at radius 2 is 2.00 bits per heavy atom. The van der Waals surface area contributed by atoms with Crippen LogP contribution in [0.1, 0.15) is 30.9 Å². The van der Waals surface area contributed by atoms with Gasteiger partial charge in [0.15, 0.2) is 0 Å². The molecule has 0 spiro atoms. The third-order valence-corrected chi connectivity index (χ3v) is 5.48. The molecule has 0 saturated carbocycles. The zero-order valence-electron chi connectivity index (χ0n) is 18.0. The van der Waals surface area contributed by atoms with E-state index in [1.54, 1.807) is 7.11 Å². The van der Waals surface area contributed by atoms with E-state index >= 15 is 0 Å². The third-order valence-electron chi connectivity index (χ3n) is 5.48. The van der Waals surface area contributed by atoms with Gasteiger partial charge in [-0.2, -0.15) is 0 Å². The largest absolute Gasteiger partial charge is 0.497 e. The maximum atomic E-state index is 12.9. The first-order chi connectivity index (χ1) is 14.4. The summed E-state index contributed by atoms with van der Waals surface area (Å²) in [4.78, 5) is 26.5. The van der Waals surface area contributed by atoms with Crippen LogP contribution in [-0.2, 0) is 17.7 Å². The molecule has 3 heterocycles. The summed E-state index contributed by atoms with van der Waals surface area (Å²) < 4.78 is 11.1. The topological polar surface area (TPSA) is 79.8 Å². The average molecular weight is 412 g/mol. The van der Waals surface area contributed by atoms with E-state index in [0.29, 0.717) is 30.9 Å². The lowest BCUT2D eigenvalue weighted by Crippen LogP contribution is -2.47. The Hall–Kier alpha value is -2.87. The molecule has 2 aliphatic heterocycles. The second kappa shape index (κ2) is 8.47. The molecule has 2 unspecified atom stereocenters. The van der Waals surface area contributed by atoms with Crippen molar-refractivity contribution >= 4 is 17.5 Å². The van der Waals surface area contributed by atoms with E-state index in [1.807, 2.05) is 36.1 Å². The van der Waals surface area contributed by atoms with E-state index in [0.717, 1.165) is 36.0 Å². The fraction of sp³-hybridized carbons (Fsp3) is 0.500. The van der Waals surface area contributed by atoms with Crippen LogP contribution in [0.25, 0.3) is 0 Å². The van der Waals surface area contributed by atoms with E-state index < -0.39 is 0 Å². The van der Waals surface area contributed by atoms with Gasteiger partial charge in [-0.15, -0.1) is 0 Å². The molecule has 1 fully saturated rings. The number of aryl methyl sites for hydroxylation is 1. The lowest BCUT2D eigenvalue weighted by atomic mass is 10.0. The van der Waals surface area contributed by atoms with Gasteiger partial charge in [0.2, 0.25) is 0 Å². The molecule has 0 aliphatic carbocycles. The monoisotopic (exact) mass is 411 g/mol. The van der Waals surface area contributed by atoms with E-state index in [-0.39, 0.29) is 18.2 Å². The van der Waals surface area contributed by atoms with Crippen LogP contribution < -0.4 is 15.0 Å². The third kappa shape index (κ3) is 4.33. The number of fused-ring (bicyclic) bond motifs is 1. The number of methoxy groups -OCH3 is 1. The van der Waals surface area contributed by atoms with Crippen molar-refractivity contribution in [3.63, 3.8) is 0 Å². The van der Waals surface area contributed by atoms with E-state index in [4.69, 9.17) is 14.5 Å². The Morgan fingerprint density at radius 3 is 2.73 bits per heavy atom. The molecule has 2 aliphatic rings. The van der Waals surface area contributed by atoms with Crippen molar-refractivity contribution in [1.82, 2.24) is 14.9 Å². The smallest absolute Gasteiger partial charge is 0.322 e. The van der Waals surface area contributed by atoms with Gasteiger partial charge in [-0.3, -0.25) is 0 Å². The number of nitrogens with one attached hydrogen (secondary N) is 1.